The summed E-state index contributed by atoms with van der Waals surface area (Å²) < 4.78 is 25.1. The fourth-order valence-corrected chi connectivity index (χ4v) is 2.69. The van der Waals surface area contributed by atoms with E-state index in [2.05, 4.69) is 4.99 Å². The third kappa shape index (κ3) is 3.61. The molecule has 0 amide bonds. The van der Waals surface area contributed by atoms with E-state index in [1.165, 1.54) is 0 Å². The van der Waals surface area contributed by atoms with E-state index in [9.17, 15) is 8.78 Å². The highest BCUT2D eigenvalue weighted by molar-refractivity contribution is 14.0. The molecule has 0 aromatic carbocycles. The van der Waals surface area contributed by atoms with Crippen LogP contribution in [0.25, 0.3) is 0 Å². The summed E-state index contributed by atoms with van der Waals surface area (Å²) in [6.07, 6.45) is -0.285. The molecule has 1 saturated carbocycles. The van der Waals surface area contributed by atoms with Gasteiger partial charge < -0.3 is 10.6 Å². The molecule has 0 atom stereocenters. The molecule has 0 bridgehead atoms. The van der Waals surface area contributed by atoms with Crippen molar-refractivity contribution in [2.75, 3.05) is 24.6 Å². The number of alkyl halides is 2. The predicted octanol–water partition coefficient (Wildman–Crippen LogP) is 1.77. The van der Waals surface area contributed by atoms with E-state index in [1.807, 2.05) is 16.7 Å². The van der Waals surface area contributed by atoms with Crippen molar-refractivity contribution in [2.45, 2.75) is 24.8 Å². The molecular weight excluding hydrogens is 347 g/mol. The second-order valence-corrected chi connectivity index (χ2v) is 5.23. The van der Waals surface area contributed by atoms with Crippen LogP contribution in [-0.4, -0.2) is 47.4 Å². The van der Waals surface area contributed by atoms with E-state index >= 15 is 0 Å². The minimum absolute atomic E-state index is 0. The number of thioether (sulfide) groups is 1. The first kappa shape index (κ1) is 14.3. The van der Waals surface area contributed by atoms with Crippen molar-refractivity contribution in [3.63, 3.8) is 0 Å². The normalized spacial score (nSPS) is 25.9. The molecule has 1 saturated heterocycles. The molecule has 94 valence electrons. The van der Waals surface area contributed by atoms with Gasteiger partial charge in [0.2, 0.25) is 0 Å². The second kappa shape index (κ2) is 5.70. The Morgan fingerprint density at radius 2 is 1.88 bits per heavy atom. The van der Waals surface area contributed by atoms with E-state index in [0.29, 0.717) is 5.96 Å². The van der Waals surface area contributed by atoms with Crippen LogP contribution in [0.1, 0.15) is 12.8 Å². The number of halogens is 3. The second-order valence-electron chi connectivity index (χ2n) is 4.00. The number of nitrogens with two attached hydrogens (primary N) is 1. The minimum atomic E-state index is -2.51. The lowest BCUT2D eigenvalue weighted by atomic mass is 9.89. The summed E-state index contributed by atoms with van der Waals surface area (Å²) in [5, 5.41) is 0. The number of nitrogens with zero attached hydrogens (tertiary/aromatic N) is 2. The van der Waals surface area contributed by atoms with Crippen molar-refractivity contribution in [2.24, 2.45) is 10.7 Å². The third-order valence-electron chi connectivity index (χ3n) is 2.72. The topological polar surface area (TPSA) is 41.6 Å². The Morgan fingerprint density at radius 3 is 2.38 bits per heavy atom. The minimum Gasteiger partial charge on any atom is -0.370 e. The van der Waals surface area contributed by atoms with Crippen LogP contribution in [-0.2, 0) is 0 Å². The smallest absolute Gasteiger partial charge is 0.252 e. The standard InChI is InChI=1S/C9H15F2N3S.HI/c10-9(11)5-7(6-9)13-8(12)14-1-3-15-4-2-14;/h7H,1-6H2,(H2,12,13);1H. The lowest BCUT2D eigenvalue weighted by Crippen LogP contribution is -2.46. The highest BCUT2D eigenvalue weighted by Gasteiger charge is 2.45. The predicted molar refractivity (Wildman–Crippen MR) is 73.9 cm³/mol. The zero-order valence-corrected chi connectivity index (χ0v) is 12.0. The van der Waals surface area contributed by atoms with Gasteiger partial charge in [-0.1, -0.05) is 0 Å². The summed E-state index contributed by atoms with van der Waals surface area (Å²) in [6, 6.07) is -0.269. The van der Waals surface area contributed by atoms with E-state index < -0.39 is 5.92 Å². The van der Waals surface area contributed by atoms with Crippen molar-refractivity contribution in [3.8, 4) is 0 Å². The molecule has 0 spiro atoms. The number of rotatable bonds is 1. The monoisotopic (exact) mass is 363 g/mol. The Hall–Kier alpha value is 0.210. The first-order valence-corrected chi connectivity index (χ1v) is 6.26. The molecule has 0 aromatic heterocycles. The van der Waals surface area contributed by atoms with Crippen molar-refractivity contribution < 1.29 is 8.78 Å². The quantitative estimate of drug-likeness (QED) is 0.439. The molecule has 1 heterocycles. The molecule has 0 radical (unpaired) electrons. The Labute approximate surface area is 115 Å². The lowest BCUT2D eigenvalue weighted by Gasteiger charge is -2.34. The third-order valence-corrected chi connectivity index (χ3v) is 3.66. The van der Waals surface area contributed by atoms with E-state index in [-0.39, 0.29) is 42.9 Å². The Bertz CT molecular complexity index is 261. The molecule has 2 fully saturated rings. The summed E-state index contributed by atoms with van der Waals surface area (Å²) >= 11 is 1.88. The van der Waals surface area contributed by atoms with Crippen LogP contribution in [0.4, 0.5) is 8.78 Å². The van der Waals surface area contributed by atoms with Gasteiger partial charge in [-0.05, 0) is 0 Å². The van der Waals surface area contributed by atoms with Gasteiger partial charge in [0.05, 0.1) is 6.04 Å². The Balaban J connectivity index is 0.00000128. The first-order chi connectivity index (χ1) is 7.07. The van der Waals surface area contributed by atoms with Gasteiger partial charge in [-0.25, -0.2) is 13.8 Å². The summed E-state index contributed by atoms with van der Waals surface area (Å²) in [4.78, 5) is 6.11. The summed E-state index contributed by atoms with van der Waals surface area (Å²) in [5.74, 6) is 0.0103. The van der Waals surface area contributed by atoms with Crippen LogP contribution < -0.4 is 5.73 Å². The maximum atomic E-state index is 12.6. The molecule has 16 heavy (non-hydrogen) atoms. The molecule has 3 nitrogen and oxygen atoms in total. The van der Waals surface area contributed by atoms with Crippen LogP contribution in [0, 0.1) is 0 Å². The first-order valence-electron chi connectivity index (χ1n) is 5.11. The van der Waals surface area contributed by atoms with Crippen molar-refractivity contribution in [1.82, 2.24) is 4.90 Å². The SMILES string of the molecule is I.NC(=NC1CC(F)(F)C1)N1CCSCC1. The molecule has 1 aliphatic heterocycles. The largest absolute Gasteiger partial charge is 0.370 e. The van der Waals surface area contributed by atoms with E-state index in [0.717, 1.165) is 24.6 Å². The molecule has 0 aromatic rings. The summed E-state index contributed by atoms with van der Waals surface area (Å²) in [6.45, 7) is 1.76. The number of aliphatic imine (C=N–C) groups is 1. The Kier molecular flexibility index (Phi) is 5.09. The molecule has 7 heteroatoms. The maximum absolute atomic E-state index is 12.6. The zero-order valence-electron chi connectivity index (χ0n) is 8.86. The lowest BCUT2D eigenvalue weighted by molar-refractivity contribution is -0.0836. The van der Waals surface area contributed by atoms with Crippen molar-refractivity contribution in [1.29, 1.82) is 0 Å². The van der Waals surface area contributed by atoms with Gasteiger partial charge in [-0.15, -0.1) is 24.0 Å². The van der Waals surface area contributed by atoms with Crippen LogP contribution in [0.2, 0.25) is 0 Å². The van der Waals surface area contributed by atoms with Crippen molar-refractivity contribution in [3.05, 3.63) is 0 Å². The van der Waals surface area contributed by atoms with Gasteiger partial charge in [0, 0.05) is 37.4 Å². The van der Waals surface area contributed by atoms with Gasteiger partial charge in [0.15, 0.2) is 5.96 Å². The van der Waals surface area contributed by atoms with E-state index in [1.54, 1.807) is 0 Å². The average molecular weight is 363 g/mol. The fourth-order valence-electron chi connectivity index (χ4n) is 1.78. The fraction of sp³-hybridized carbons (Fsp3) is 0.889. The van der Waals surface area contributed by atoms with Gasteiger partial charge >= 0.3 is 0 Å². The summed E-state index contributed by atoms with van der Waals surface area (Å²) in [7, 11) is 0. The molecule has 0 unspecified atom stereocenters. The number of hydrogen-bond acceptors (Lipinski definition) is 2. The average Bonchev–Trinajstić information content (AvgIpc) is 2.16. The van der Waals surface area contributed by atoms with Crippen LogP contribution in [0.3, 0.4) is 0 Å². The number of hydrogen-bond donors (Lipinski definition) is 1. The molecule has 2 aliphatic rings. The van der Waals surface area contributed by atoms with Gasteiger partial charge in [-0.3, -0.25) is 0 Å². The van der Waals surface area contributed by atoms with E-state index in [4.69, 9.17) is 5.73 Å². The zero-order chi connectivity index (χ0) is 10.9. The van der Waals surface area contributed by atoms with Crippen molar-refractivity contribution >= 4 is 41.7 Å². The maximum Gasteiger partial charge on any atom is 0.252 e. The van der Waals surface area contributed by atoms with Gasteiger partial charge in [0.1, 0.15) is 0 Å². The van der Waals surface area contributed by atoms with Crippen LogP contribution in [0.5, 0.6) is 0 Å². The highest BCUT2D eigenvalue weighted by atomic mass is 127. The Morgan fingerprint density at radius 1 is 1.31 bits per heavy atom. The number of guanidine groups is 1. The highest BCUT2D eigenvalue weighted by Crippen LogP contribution is 2.39. The van der Waals surface area contributed by atoms with Gasteiger partial charge in [0.25, 0.3) is 5.92 Å². The molecule has 2 N–H and O–H groups in total. The van der Waals surface area contributed by atoms with Gasteiger partial charge in [-0.2, -0.15) is 11.8 Å². The summed E-state index contributed by atoms with van der Waals surface area (Å²) in [5.41, 5.74) is 5.77. The molecule has 1 aliphatic carbocycles. The van der Waals surface area contributed by atoms with Crippen LogP contribution >= 0.6 is 35.7 Å². The molecular formula is C9H16F2IN3S. The van der Waals surface area contributed by atoms with Crippen LogP contribution in [0.15, 0.2) is 4.99 Å². The molecule has 2 rings (SSSR count).